The molecule has 1 atom stereocenters. The highest BCUT2D eigenvalue weighted by atomic mass is 32.2. The molecule has 0 saturated heterocycles. The van der Waals surface area contributed by atoms with E-state index in [1.807, 2.05) is 20.8 Å². The SMILES string of the molecule is CC(C)(C)C(=O)NCCCC(=O)Nc1ccc2c(c1)N(Cc1ccc(OC(F)(F)F)cc1)C(=O)[C@@H](N)CS2. The zero-order valence-electron chi connectivity index (χ0n) is 21.4. The zero-order chi connectivity index (χ0) is 28.1. The van der Waals surface area contributed by atoms with E-state index in [0.717, 1.165) is 4.90 Å². The van der Waals surface area contributed by atoms with Crippen LogP contribution in [0, 0.1) is 5.41 Å². The van der Waals surface area contributed by atoms with Gasteiger partial charge in [-0.05, 0) is 42.3 Å². The van der Waals surface area contributed by atoms with Crippen LogP contribution in [0.1, 0.15) is 39.2 Å². The van der Waals surface area contributed by atoms with E-state index in [1.54, 1.807) is 18.2 Å². The van der Waals surface area contributed by atoms with Crippen LogP contribution in [0.25, 0.3) is 0 Å². The van der Waals surface area contributed by atoms with Crippen LogP contribution in [0.2, 0.25) is 0 Å². The van der Waals surface area contributed by atoms with Gasteiger partial charge >= 0.3 is 6.36 Å². The van der Waals surface area contributed by atoms with Crippen LogP contribution >= 0.6 is 11.8 Å². The normalized spacial score (nSPS) is 15.9. The number of halogens is 3. The second-order valence-corrected chi connectivity index (χ2v) is 10.9. The average Bonchev–Trinajstić information content (AvgIpc) is 2.93. The van der Waals surface area contributed by atoms with Crippen LogP contribution in [0.5, 0.6) is 5.75 Å². The molecule has 0 saturated carbocycles. The first-order valence-electron chi connectivity index (χ1n) is 12.0. The third-order valence-corrected chi connectivity index (χ3v) is 6.76. The minimum atomic E-state index is -4.80. The Balaban J connectivity index is 1.70. The Morgan fingerprint density at radius 2 is 1.82 bits per heavy atom. The van der Waals surface area contributed by atoms with Crippen molar-refractivity contribution in [3.05, 3.63) is 48.0 Å². The number of hydrogen-bond donors (Lipinski definition) is 3. The average molecular weight is 553 g/mol. The fraction of sp³-hybridized carbons (Fsp3) is 0.423. The summed E-state index contributed by atoms with van der Waals surface area (Å²) >= 11 is 1.41. The molecule has 0 aliphatic carbocycles. The van der Waals surface area contributed by atoms with Crippen LogP contribution in [-0.4, -0.2) is 42.4 Å². The standard InChI is InChI=1S/C26H31F3N4O4S/c1-25(2,3)24(36)31-12-4-5-22(34)32-17-8-11-21-20(13-17)33(23(35)19(30)15-38-21)14-16-6-9-18(10-7-16)37-26(27,28)29/h6-11,13,19H,4-5,12,14-15,30H2,1-3H3,(H,31,36)(H,32,34)/t19-/m0/s1. The van der Waals surface area contributed by atoms with Crippen molar-refractivity contribution in [1.82, 2.24) is 5.32 Å². The molecule has 0 radical (unpaired) electrons. The molecule has 0 unspecified atom stereocenters. The lowest BCUT2D eigenvalue weighted by molar-refractivity contribution is -0.274. The minimum Gasteiger partial charge on any atom is -0.406 e. The van der Waals surface area contributed by atoms with Gasteiger partial charge in [0, 0.05) is 34.7 Å². The summed E-state index contributed by atoms with van der Waals surface area (Å²) in [5, 5.41) is 5.62. The number of thioether (sulfide) groups is 1. The van der Waals surface area contributed by atoms with Crippen molar-refractivity contribution < 1.29 is 32.3 Å². The summed E-state index contributed by atoms with van der Waals surface area (Å²) in [6, 6.07) is 9.68. The Labute approximate surface area is 223 Å². The van der Waals surface area contributed by atoms with Gasteiger partial charge in [-0.2, -0.15) is 0 Å². The highest BCUT2D eigenvalue weighted by Crippen LogP contribution is 2.37. The second kappa shape index (κ2) is 12.1. The Hall–Kier alpha value is -3.25. The highest BCUT2D eigenvalue weighted by molar-refractivity contribution is 7.99. The summed E-state index contributed by atoms with van der Waals surface area (Å²) in [6.07, 6.45) is -4.15. The molecule has 8 nitrogen and oxygen atoms in total. The summed E-state index contributed by atoms with van der Waals surface area (Å²) in [6.45, 7) is 5.87. The number of nitrogens with two attached hydrogens (primary N) is 1. The number of anilines is 2. The van der Waals surface area contributed by atoms with E-state index >= 15 is 0 Å². The molecule has 206 valence electrons. The van der Waals surface area contributed by atoms with Gasteiger partial charge in [0.2, 0.25) is 17.7 Å². The number of carbonyl (C=O) groups excluding carboxylic acids is 3. The van der Waals surface area contributed by atoms with Crippen molar-refractivity contribution in [2.45, 2.75) is 57.5 Å². The van der Waals surface area contributed by atoms with Crippen LogP contribution in [0.4, 0.5) is 24.5 Å². The van der Waals surface area contributed by atoms with Crippen LogP contribution in [0.3, 0.4) is 0 Å². The molecule has 2 aromatic carbocycles. The molecule has 38 heavy (non-hydrogen) atoms. The number of rotatable bonds is 8. The Morgan fingerprint density at radius 1 is 1.13 bits per heavy atom. The van der Waals surface area contributed by atoms with Crippen molar-refractivity contribution in [1.29, 1.82) is 0 Å². The van der Waals surface area contributed by atoms with Gasteiger partial charge < -0.3 is 26.0 Å². The van der Waals surface area contributed by atoms with Gasteiger partial charge in [-0.25, -0.2) is 0 Å². The molecule has 2 aromatic rings. The van der Waals surface area contributed by atoms with Crippen molar-refractivity contribution in [2.24, 2.45) is 11.1 Å². The summed E-state index contributed by atoms with van der Waals surface area (Å²) in [5.74, 6) is -0.686. The highest BCUT2D eigenvalue weighted by Gasteiger charge is 2.32. The van der Waals surface area contributed by atoms with E-state index in [9.17, 15) is 27.6 Å². The van der Waals surface area contributed by atoms with E-state index in [-0.39, 0.29) is 36.4 Å². The van der Waals surface area contributed by atoms with Crippen molar-refractivity contribution in [2.75, 3.05) is 22.5 Å². The maximum absolute atomic E-state index is 13.1. The minimum absolute atomic E-state index is 0.0667. The predicted octanol–water partition coefficient (Wildman–Crippen LogP) is 4.43. The van der Waals surface area contributed by atoms with Gasteiger partial charge in [-0.15, -0.1) is 24.9 Å². The van der Waals surface area contributed by atoms with Gasteiger partial charge in [0.25, 0.3) is 0 Å². The smallest absolute Gasteiger partial charge is 0.406 e. The van der Waals surface area contributed by atoms with Crippen molar-refractivity contribution in [3.63, 3.8) is 0 Å². The molecule has 1 aliphatic rings. The lowest BCUT2D eigenvalue weighted by atomic mass is 9.96. The number of nitrogens with one attached hydrogen (secondary N) is 2. The summed E-state index contributed by atoms with van der Waals surface area (Å²) in [5.41, 5.74) is 7.16. The molecule has 0 fully saturated rings. The monoisotopic (exact) mass is 552 g/mol. The molecular formula is C26H31F3N4O4S. The number of alkyl halides is 3. The Morgan fingerprint density at radius 3 is 2.45 bits per heavy atom. The number of fused-ring (bicyclic) bond motifs is 1. The van der Waals surface area contributed by atoms with Crippen molar-refractivity contribution in [3.8, 4) is 5.75 Å². The topological polar surface area (TPSA) is 114 Å². The fourth-order valence-electron chi connectivity index (χ4n) is 3.58. The summed E-state index contributed by atoms with van der Waals surface area (Å²) in [4.78, 5) is 39.8. The predicted molar refractivity (Wildman–Crippen MR) is 140 cm³/mol. The Bertz CT molecular complexity index is 1170. The van der Waals surface area contributed by atoms with E-state index in [2.05, 4.69) is 15.4 Å². The lowest BCUT2D eigenvalue weighted by Crippen LogP contribution is -2.44. The van der Waals surface area contributed by atoms with Gasteiger partial charge in [-0.3, -0.25) is 14.4 Å². The molecular weight excluding hydrogens is 521 g/mol. The van der Waals surface area contributed by atoms with E-state index in [0.29, 0.717) is 35.7 Å². The number of hydrogen-bond acceptors (Lipinski definition) is 6. The molecule has 4 N–H and O–H groups in total. The quantitative estimate of drug-likeness (QED) is 0.418. The molecule has 0 bridgehead atoms. The van der Waals surface area contributed by atoms with E-state index in [4.69, 9.17) is 5.73 Å². The molecule has 3 amide bonds. The summed E-state index contributed by atoms with van der Waals surface area (Å²) < 4.78 is 41.3. The number of amides is 3. The Kier molecular flexibility index (Phi) is 9.31. The number of benzene rings is 2. The largest absolute Gasteiger partial charge is 0.573 e. The van der Waals surface area contributed by atoms with Gasteiger partial charge in [0.1, 0.15) is 5.75 Å². The second-order valence-electron chi connectivity index (χ2n) is 9.87. The van der Waals surface area contributed by atoms with E-state index < -0.39 is 17.8 Å². The first-order valence-corrected chi connectivity index (χ1v) is 13.0. The first kappa shape index (κ1) is 29.3. The third-order valence-electron chi connectivity index (χ3n) is 5.58. The zero-order valence-corrected chi connectivity index (χ0v) is 22.2. The molecule has 1 heterocycles. The third kappa shape index (κ3) is 8.38. The number of carbonyl (C=O) groups is 3. The fourth-order valence-corrected chi connectivity index (χ4v) is 4.56. The van der Waals surface area contributed by atoms with E-state index in [1.165, 1.54) is 40.9 Å². The van der Waals surface area contributed by atoms with Gasteiger partial charge in [0.05, 0.1) is 18.3 Å². The lowest BCUT2D eigenvalue weighted by Gasteiger charge is -2.25. The van der Waals surface area contributed by atoms with Crippen molar-refractivity contribution >= 4 is 40.9 Å². The molecule has 3 rings (SSSR count). The van der Waals surface area contributed by atoms with Gasteiger partial charge in [0.15, 0.2) is 0 Å². The molecule has 12 heteroatoms. The van der Waals surface area contributed by atoms with Gasteiger partial charge in [-0.1, -0.05) is 32.9 Å². The molecule has 0 aromatic heterocycles. The van der Waals surface area contributed by atoms with Crippen LogP contribution in [-0.2, 0) is 20.9 Å². The van der Waals surface area contributed by atoms with Crippen LogP contribution in [0.15, 0.2) is 47.4 Å². The maximum atomic E-state index is 13.1. The summed E-state index contributed by atoms with van der Waals surface area (Å²) in [7, 11) is 0. The molecule has 0 spiro atoms. The van der Waals surface area contributed by atoms with Crippen LogP contribution < -0.4 is 26.0 Å². The molecule has 1 aliphatic heterocycles. The maximum Gasteiger partial charge on any atom is 0.573 e. The number of nitrogens with zero attached hydrogens (tertiary/aromatic N) is 1. The first-order chi connectivity index (χ1) is 17.7. The number of ether oxygens (including phenoxy) is 1.